The van der Waals surface area contributed by atoms with Gasteiger partial charge in [0.05, 0.1) is 18.9 Å². The van der Waals surface area contributed by atoms with Crippen LogP contribution in [0.1, 0.15) is 42.7 Å². The van der Waals surface area contributed by atoms with Gasteiger partial charge in [-0.2, -0.15) is 0 Å². The first-order valence-electron chi connectivity index (χ1n) is 10.2. The van der Waals surface area contributed by atoms with Crippen LogP contribution in [0.5, 0.6) is 5.75 Å². The summed E-state index contributed by atoms with van der Waals surface area (Å²) in [5, 5.41) is 11.2. The minimum absolute atomic E-state index is 0.0472. The number of benzene rings is 2. The van der Waals surface area contributed by atoms with E-state index < -0.39 is 35.1 Å². The molecule has 3 aromatic rings. The lowest BCUT2D eigenvalue weighted by molar-refractivity contribution is -0.132. The number of ketones is 1. The average Bonchev–Trinajstić information content (AvgIpc) is 3.42. The second kappa shape index (κ2) is 8.54. The smallest absolute Gasteiger partial charge is 0.300 e. The van der Waals surface area contributed by atoms with Crippen molar-refractivity contribution in [3.8, 4) is 5.75 Å². The van der Waals surface area contributed by atoms with E-state index in [-0.39, 0.29) is 22.9 Å². The zero-order chi connectivity index (χ0) is 23.9. The maximum Gasteiger partial charge on any atom is 0.300 e. The fourth-order valence-electron chi connectivity index (χ4n) is 3.94. The van der Waals surface area contributed by atoms with Gasteiger partial charge >= 0.3 is 0 Å². The van der Waals surface area contributed by atoms with E-state index in [0.717, 1.165) is 22.6 Å². The third kappa shape index (κ3) is 3.77. The molecular weight excluding hydrogens is 432 g/mol. The Morgan fingerprint density at radius 2 is 1.85 bits per heavy atom. The largest absolute Gasteiger partial charge is 0.507 e. The van der Waals surface area contributed by atoms with Crippen LogP contribution < -0.4 is 9.64 Å². The van der Waals surface area contributed by atoms with Gasteiger partial charge < -0.3 is 14.3 Å². The summed E-state index contributed by atoms with van der Waals surface area (Å²) in [6, 6.07) is 9.71. The summed E-state index contributed by atoms with van der Waals surface area (Å²) < 4.78 is 38.3. The van der Waals surface area contributed by atoms with Crippen molar-refractivity contribution in [1.82, 2.24) is 0 Å². The second-order valence-electron chi connectivity index (χ2n) is 7.89. The van der Waals surface area contributed by atoms with E-state index in [4.69, 9.17) is 9.15 Å². The first-order valence-corrected chi connectivity index (χ1v) is 10.2. The molecule has 1 amide bonds. The number of furan rings is 1. The first kappa shape index (κ1) is 22.3. The van der Waals surface area contributed by atoms with Gasteiger partial charge in [-0.05, 0) is 53.9 Å². The molecule has 1 aromatic heterocycles. The van der Waals surface area contributed by atoms with E-state index in [2.05, 4.69) is 0 Å². The molecule has 1 fully saturated rings. The molecule has 8 heteroatoms. The van der Waals surface area contributed by atoms with Crippen molar-refractivity contribution < 1.29 is 32.6 Å². The lowest BCUT2D eigenvalue weighted by Crippen LogP contribution is -2.29. The summed E-state index contributed by atoms with van der Waals surface area (Å²) in [6.45, 7) is 3.90. The zero-order valence-corrected chi connectivity index (χ0v) is 18.1. The van der Waals surface area contributed by atoms with Crippen LogP contribution >= 0.6 is 0 Å². The Morgan fingerprint density at radius 1 is 1.09 bits per heavy atom. The highest BCUT2D eigenvalue weighted by Gasteiger charge is 2.48. The highest BCUT2D eigenvalue weighted by Crippen LogP contribution is 2.43. The Morgan fingerprint density at radius 3 is 2.45 bits per heavy atom. The monoisotopic (exact) mass is 453 g/mol. The van der Waals surface area contributed by atoms with Crippen molar-refractivity contribution in [1.29, 1.82) is 0 Å². The molecular formula is C25H21F2NO5. The van der Waals surface area contributed by atoms with E-state index in [9.17, 15) is 23.5 Å². The number of carbonyl (C=O) groups is 2. The molecule has 2 heterocycles. The molecule has 1 aliphatic heterocycles. The van der Waals surface area contributed by atoms with Crippen molar-refractivity contribution in [3.05, 3.63) is 88.9 Å². The highest BCUT2D eigenvalue weighted by atomic mass is 19.2. The number of ether oxygens (including phenoxy) is 1. The van der Waals surface area contributed by atoms with Crippen LogP contribution in [-0.4, -0.2) is 23.9 Å². The number of rotatable bonds is 5. The minimum Gasteiger partial charge on any atom is -0.507 e. The number of aliphatic hydroxyl groups is 1. The lowest BCUT2D eigenvalue weighted by Gasteiger charge is -2.23. The Bertz CT molecular complexity index is 1260. The third-order valence-electron chi connectivity index (χ3n) is 5.56. The van der Waals surface area contributed by atoms with E-state index in [0.29, 0.717) is 11.3 Å². The SMILES string of the molecule is COc1ccc(/C(O)=C2/C(=O)C(=O)N(c3ccc(F)c(F)c3)C2c2ccco2)cc1C(C)C. The predicted octanol–water partition coefficient (Wildman–Crippen LogP) is 5.32. The van der Waals surface area contributed by atoms with Gasteiger partial charge in [0.1, 0.15) is 23.3 Å². The van der Waals surface area contributed by atoms with Crippen molar-refractivity contribution in [3.63, 3.8) is 0 Å². The van der Waals surface area contributed by atoms with Crippen molar-refractivity contribution in [2.24, 2.45) is 0 Å². The molecule has 0 spiro atoms. The van der Waals surface area contributed by atoms with Gasteiger partial charge in [-0.3, -0.25) is 14.5 Å². The second-order valence-corrected chi connectivity index (χ2v) is 7.89. The standard InChI is InChI=1S/C25H21F2NO5/c1-13(2)16-11-14(6-9-19(16)32-3)23(29)21-22(20-5-4-10-33-20)28(25(31)24(21)30)15-7-8-17(26)18(27)12-15/h4-13,22,29H,1-3H3/b23-21-. The lowest BCUT2D eigenvalue weighted by atomic mass is 9.95. The summed E-state index contributed by atoms with van der Waals surface area (Å²) in [6.07, 6.45) is 1.35. The maximum atomic E-state index is 13.9. The number of methoxy groups -OCH3 is 1. The number of halogens is 2. The number of hydrogen-bond acceptors (Lipinski definition) is 5. The van der Waals surface area contributed by atoms with E-state index >= 15 is 0 Å². The van der Waals surface area contributed by atoms with Crippen LogP contribution in [0.4, 0.5) is 14.5 Å². The number of Topliss-reactive ketones (excluding diaryl/α,β-unsaturated/α-hetero) is 1. The summed E-state index contributed by atoms with van der Waals surface area (Å²) in [5.74, 6) is -3.80. The van der Waals surface area contributed by atoms with E-state index in [1.807, 2.05) is 13.8 Å². The van der Waals surface area contributed by atoms with Crippen molar-refractivity contribution in [2.45, 2.75) is 25.8 Å². The van der Waals surface area contributed by atoms with E-state index in [1.165, 1.54) is 25.5 Å². The van der Waals surface area contributed by atoms with Gasteiger partial charge in [0.2, 0.25) is 0 Å². The average molecular weight is 453 g/mol. The van der Waals surface area contributed by atoms with Crippen LogP contribution in [0.25, 0.3) is 5.76 Å². The fourth-order valence-corrected chi connectivity index (χ4v) is 3.94. The summed E-state index contributed by atoms with van der Waals surface area (Å²) in [5.41, 5.74) is 0.832. The first-order chi connectivity index (χ1) is 15.7. The van der Waals surface area contributed by atoms with Crippen LogP contribution in [0.2, 0.25) is 0 Å². The number of anilines is 1. The molecule has 6 nitrogen and oxygen atoms in total. The zero-order valence-electron chi connectivity index (χ0n) is 18.1. The Balaban J connectivity index is 1.92. The third-order valence-corrected chi connectivity index (χ3v) is 5.56. The van der Waals surface area contributed by atoms with Gasteiger partial charge in [0.15, 0.2) is 11.6 Å². The quantitative estimate of drug-likeness (QED) is 0.322. The van der Waals surface area contributed by atoms with Crippen molar-refractivity contribution in [2.75, 3.05) is 12.0 Å². The van der Waals surface area contributed by atoms with Gasteiger partial charge in [-0.1, -0.05) is 13.8 Å². The molecule has 0 saturated carbocycles. The minimum atomic E-state index is -1.18. The Labute approximate surface area is 188 Å². The van der Waals surface area contributed by atoms with Gasteiger partial charge in [-0.15, -0.1) is 0 Å². The molecule has 1 aliphatic rings. The molecule has 0 bridgehead atoms. The molecule has 170 valence electrons. The number of nitrogens with zero attached hydrogens (tertiary/aromatic N) is 1. The molecule has 2 aromatic carbocycles. The van der Waals surface area contributed by atoms with Crippen LogP contribution in [-0.2, 0) is 9.59 Å². The van der Waals surface area contributed by atoms with Crippen LogP contribution in [0.15, 0.2) is 64.8 Å². The normalized spacial score (nSPS) is 17.8. The summed E-state index contributed by atoms with van der Waals surface area (Å²) >= 11 is 0. The molecule has 1 saturated heterocycles. The predicted molar refractivity (Wildman–Crippen MR) is 117 cm³/mol. The molecule has 4 rings (SSSR count). The van der Waals surface area contributed by atoms with Gasteiger partial charge in [0, 0.05) is 17.3 Å². The molecule has 1 atom stereocenters. The Hall–Kier alpha value is -3.94. The topological polar surface area (TPSA) is 80.0 Å². The molecule has 33 heavy (non-hydrogen) atoms. The van der Waals surface area contributed by atoms with E-state index in [1.54, 1.807) is 24.3 Å². The van der Waals surface area contributed by atoms with Crippen LogP contribution in [0.3, 0.4) is 0 Å². The molecule has 1 unspecified atom stereocenters. The Kier molecular flexibility index (Phi) is 5.76. The van der Waals surface area contributed by atoms with Crippen LogP contribution in [0, 0.1) is 11.6 Å². The van der Waals surface area contributed by atoms with Gasteiger partial charge in [0.25, 0.3) is 11.7 Å². The maximum absolute atomic E-state index is 13.9. The van der Waals surface area contributed by atoms with Gasteiger partial charge in [-0.25, -0.2) is 8.78 Å². The number of amides is 1. The highest BCUT2D eigenvalue weighted by molar-refractivity contribution is 6.51. The summed E-state index contributed by atoms with van der Waals surface area (Å²) in [4.78, 5) is 27.0. The fraction of sp³-hybridized carbons (Fsp3) is 0.200. The number of carbonyl (C=O) groups excluding carboxylic acids is 2. The molecule has 0 aliphatic carbocycles. The summed E-state index contributed by atoms with van der Waals surface area (Å²) in [7, 11) is 1.53. The van der Waals surface area contributed by atoms with Crippen molar-refractivity contribution >= 4 is 23.1 Å². The number of aliphatic hydroxyl groups excluding tert-OH is 1. The molecule has 0 radical (unpaired) electrons. The number of hydrogen-bond donors (Lipinski definition) is 1. The molecule has 1 N–H and O–H groups in total.